The minimum atomic E-state index is -4.93. The number of carboxylic acids is 1. The quantitative estimate of drug-likeness (QED) is 0.212. The Kier molecular flexibility index (Phi) is 8.34. The number of aromatic carboxylic acids is 1. The second kappa shape index (κ2) is 11.6. The summed E-state index contributed by atoms with van der Waals surface area (Å²) in [5.41, 5.74) is -4.41. The van der Waals surface area contributed by atoms with Crippen LogP contribution in [0.15, 0.2) is 30.3 Å². The van der Waals surface area contributed by atoms with Crippen molar-refractivity contribution in [1.82, 2.24) is 14.9 Å². The molecule has 0 radical (unpaired) electrons. The van der Waals surface area contributed by atoms with E-state index in [1.165, 1.54) is 17.7 Å². The zero-order valence-corrected chi connectivity index (χ0v) is 24.0. The molecule has 2 saturated carbocycles. The van der Waals surface area contributed by atoms with Crippen LogP contribution in [0.3, 0.4) is 0 Å². The van der Waals surface area contributed by atoms with E-state index in [1.807, 2.05) is 0 Å². The lowest BCUT2D eigenvalue weighted by Gasteiger charge is -2.32. The van der Waals surface area contributed by atoms with E-state index in [1.54, 1.807) is 0 Å². The van der Waals surface area contributed by atoms with Gasteiger partial charge in [-0.1, -0.05) is 6.07 Å². The van der Waals surface area contributed by atoms with E-state index >= 15 is 0 Å². The van der Waals surface area contributed by atoms with Crippen molar-refractivity contribution in [3.05, 3.63) is 47.0 Å². The minimum absolute atomic E-state index is 0.0116. The molecule has 1 amide bonds. The smallest absolute Gasteiger partial charge is 0.418 e. The zero-order valence-electron chi connectivity index (χ0n) is 24.0. The number of nitrogens with one attached hydrogen (secondary N) is 2. The van der Waals surface area contributed by atoms with Crippen LogP contribution in [0.1, 0.15) is 66.1 Å². The fraction of sp³-hybridized carbons (Fsp3) is 0.483. The molecule has 0 unspecified atom stereocenters. The molecule has 8 nitrogen and oxygen atoms in total. The lowest BCUT2D eigenvalue weighted by molar-refractivity contribution is -0.192. The Morgan fingerprint density at radius 1 is 1.00 bits per heavy atom. The van der Waals surface area contributed by atoms with E-state index in [4.69, 9.17) is 4.74 Å². The Morgan fingerprint density at radius 3 is 2.17 bits per heavy atom. The summed E-state index contributed by atoms with van der Waals surface area (Å²) in [7, 11) is 1.20. The molecule has 3 aromatic rings. The number of benzene rings is 2. The van der Waals surface area contributed by atoms with Gasteiger partial charge in [-0.3, -0.25) is 4.79 Å². The average molecular weight is 667 g/mol. The first-order valence-electron chi connectivity index (χ1n) is 14.1. The lowest BCUT2D eigenvalue weighted by atomic mass is 9.85. The number of alkyl halides is 9. The summed E-state index contributed by atoms with van der Waals surface area (Å²) in [5, 5.41) is 14.3. The number of methoxy groups -OCH3 is 1. The Balaban J connectivity index is 1.54. The molecule has 0 spiro atoms. The van der Waals surface area contributed by atoms with Crippen LogP contribution < -0.4 is 15.4 Å². The van der Waals surface area contributed by atoms with E-state index in [0.717, 1.165) is 18.2 Å². The predicted molar refractivity (Wildman–Crippen MR) is 145 cm³/mol. The molecule has 2 fully saturated rings. The van der Waals surface area contributed by atoms with Gasteiger partial charge in [0.2, 0.25) is 11.9 Å². The maximum Gasteiger partial charge on any atom is 0.418 e. The van der Waals surface area contributed by atoms with Crippen molar-refractivity contribution >= 4 is 34.5 Å². The van der Waals surface area contributed by atoms with Crippen molar-refractivity contribution in [2.75, 3.05) is 12.4 Å². The molecule has 0 atom stereocenters. The van der Waals surface area contributed by atoms with E-state index < -0.39 is 78.4 Å². The molecular formula is C29H27F9N4O4. The number of rotatable bonds is 8. The summed E-state index contributed by atoms with van der Waals surface area (Å²) in [6.07, 6.45) is -15.5. The van der Waals surface area contributed by atoms with Crippen LogP contribution in [0.25, 0.3) is 11.0 Å². The van der Waals surface area contributed by atoms with Gasteiger partial charge in [0.05, 0.1) is 35.3 Å². The number of carbonyl (C=O) groups excluding carboxylic acids is 1. The molecule has 2 aliphatic carbocycles. The van der Waals surface area contributed by atoms with Gasteiger partial charge in [0, 0.05) is 18.7 Å². The first kappa shape index (κ1) is 33.2. The molecule has 17 heteroatoms. The fourth-order valence-corrected chi connectivity index (χ4v) is 5.87. The molecule has 0 bridgehead atoms. The second-order valence-electron chi connectivity index (χ2n) is 11.5. The van der Waals surface area contributed by atoms with Gasteiger partial charge in [0.15, 0.2) is 0 Å². The summed E-state index contributed by atoms with van der Waals surface area (Å²) < 4.78 is 129. The lowest BCUT2D eigenvalue weighted by Crippen LogP contribution is -2.40. The van der Waals surface area contributed by atoms with Gasteiger partial charge in [0.1, 0.15) is 16.7 Å². The molecule has 3 N–H and O–H groups in total. The molecule has 250 valence electrons. The van der Waals surface area contributed by atoms with Crippen LogP contribution in [-0.2, 0) is 17.5 Å². The maximum atomic E-state index is 14.1. The molecule has 1 heterocycles. The summed E-state index contributed by atoms with van der Waals surface area (Å²) in [6.45, 7) is -0.527. The van der Waals surface area contributed by atoms with Gasteiger partial charge in [-0.25, -0.2) is 9.78 Å². The number of nitrogens with zero attached hydrogens (tertiary/aromatic N) is 2. The first-order valence-corrected chi connectivity index (χ1v) is 14.1. The standard InChI is InChI=1S/C29H27F9N4O4/c1-46-22-12-21-20(11-17(22)23(43)44)41-25(42(21)16-5-3-15(4-6-16)27(30,31)32)40-19-10-14(2-7-18(19)28(33,34)35)13-39-24(45)26(8-9-26)29(36,37)38/h2,7,10-12,15-16H,3-6,8-9,13H2,1H3,(H,39,45)(H,40,41)(H,43,44). The Bertz CT molecular complexity index is 1650. The monoisotopic (exact) mass is 666 g/mol. The van der Waals surface area contributed by atoms with E-state index in [9.17, 15) is 54.2 Å². The van der Waals surface area contributed by atoms with Crippen molar-refractivity contribution in [2.45, 2.75) is 69.6 Å². The van der Waals surface area contributed by atoms with Crippen LogP contribution in [0.2, 0.25) is 0 Å². The number of ether oxygens (including phenoxy) is 1. The summed E-state index contributed by atoms with van der Waals surface area (Å²) in [4.78, 5) is 28.4. The van der Waals surface area contributed by atoms with Crippen LogP contribution >= 0.6 is 0 Å². The van der Waals surface area contributed by atoms with Gasteiger partial charge in [-0.15, -0.1) is 0 Å². The summed E-state index contributed by atoms with van der Waals surface area (Å²) in [6, 6.07) is 4.38. The number of halogens is 9. The number of fused-ring (bicyclic) bond motifs is 1. The third kappa shape index (κ3) is 6.27. The highest BCUT2D eigenvalue weighted by Crippen LogP contribution is 2.57. The SMILES string of the molecule is COc1cc2c(cc1C(=O)O)nc(Nc1cc(CNC(=O)C3(C(F)(F)F)CC3)ccc1C(F)(F)F)n2C1CCC(C(F)(F)F)CC1. The molecule has 2 aromatic carbocycles. The Labute approximate surface area is 254 Å². The molecule has 0 saturated heterocycles. The largest absolute Gasteiger partial charge is 0.496 e. The van der Waals surface area contributed by atoms with Crippen LogP contribution in [-0.4, -0.2) is 46.0 Å². The van der Waals surface area contributed by atoms with E-state index in [-0.39, 0.29) is 59.5 Å². The number of carbonyl (C=O) groups is 2. The van der Waals surface area contributed by atoms with Gasteiger partial charge in [0.25, 0.3) is 0 Å². The highest BCUT2D eigenvalue weighted by atomic mass is 19.4. The van der Waals surface area contributed by atoms with Crippen molar-refractivity contribution < 1.29 is 58.9 Å². The fourth-order valence-electron chi connectivity index (χ4n) is 5.87. The summed E-state index contributed by atoms with van der Waals surface area (Å²) in [5.74, 6) is -4.61. The molecule has 5 rings (SSSR count). The van der Waals surface area contributed by atoms with Crippen LogP contribution in [0.4, 0.5) is 51.1 Å². The van der Waals surface area contributed by atoms with Crippen LogP contribution in [0, 0.1) is 11.3 Å². The molecule has 46 heavy (non-hydrogen) atoms. The van der Waals surface area contributed by atoms with Gasteiger partial charge in [-0.05, 0) is 62.3 Å². The van der Waals surface area contributed by atoms with E-state index in [0.29, 0.717) is 6.07 Å². The second-order valence-corrected chi connectivity index (χ2v) is 11.5. The minimum Gasteiger partial charge on any atom is -0.496 e. The zero-order chi connectivity index (χ0) is 33.8. The molecule has 0 aliphatic heterocycles. The number of imidazole rings is 1. The van der Waals surface area contributed by atoms with Crippen molar-refractivity contribution in [2.24, 2.45) is 11.3 Å². The number of hydrogen-bond acceptors (Lipinski definition) is 5. The number of aromatic nitrogens is 2. The normalized spacial score (nSPS) is 20.0. The third-order valence-electron chi connectivity index (χ3n) is 8.58. The van der Waals surface area contributed by atoms with Crippen molar-refractivity contribution in [3.63, 3.8) is 0 Å². The molecule has 2 aliphatic rings. The molecule has 1 aromatic heterocycles. The van der Waals surface area contributed by atoms with E-state index in [2.05, 4.69) is 15.6 Å². The van der Waals surface area contributed by atoms with Gasteiger partial charge in [-0.2, -0.15) is 39.5 Å². The number of carboxylic acid groups (broad SMARTS) is 1. The number of hydrogen-bond donors (Lipinski definition) is 3. The van der Waals surface area contributed by atoms with Crippen molar-refractivity contribution in [1.29, 1.82) is 0 Å². The van der Waals surface area contributed by atoms with Gasteiger partial charge >= 0.3 is 24.5 Å². The first-order chi connectivity index (χ1) is 21.4. The Hall–Kier alpha value is -4.18. The average Bonchev–Trinajstić information content (AvgIpc) is 3.72. The van der Waals surface area contributed by atoms with Crippen LogP contribution in [0.5, 0.6) is 5.75 Å². The number of anilines is 2. The third-order valence-corrected chi connectivity index (χ3v) is 8.58. The van der Waals surface area contributed by atoms with Gasteiger partial charge < -0.3 is 25.0 Å². The predicted octanol–water partition coefficient (Wildman–Crippen LogP) is 7.76. The van der Waals surface area contributed by atoms with Crippen molar-refractivity contribution in [3.8, 4) is 5.75 Å². The highest BCUT2D eigenvalue weighted by molar-refractivity contribution is 5.96. The number of amides is 1. The Morgan fingerprint density at radius 2 is 1.65 bits per heavy atom. The highest BCUT2D eigenvalue weighted by Gasteiger charge is 2.68. The summed E-state index contributed by atoms with van der Waals surface area (Å²) >= 11 is 0. The topological polar surface area (TPSA) is 105 Å². The molecular weight excluding hydrogens is 639 g/mol. The maximum absolute atomic E-state index is 14.1.